The summed E-state index contributed by atoms with van der Waals surface area (Å²) in [5.41, 5.74) is 2.46. The van der Waals surface area contributed by atoms with Crippen LogP contribution in [-0.4, -0.2) is 23.2 Å². The monoisotopic (exact) mass is 350 g/mol. The Bertz CT molecular complexity index is 1000. The zero-order valence-corrected chi connectivity index (χ0v) is 15.2. The number of para-hydroxylation sites is 1. The highest BCUT2D eigenvalue weighted by Gasteiger charge is 2.11. The molecule has 0 amide bonds. The summed E-state index contributed by atoms with van der Waals surface area (Å²) in [5, 5.41) is 0.572. The molecular formula is C21H22N2O3. The van der Waals surface area contributed by atoms with Crippen molar-refractivity contribution in [3.8, 4) is 22.9 Å². The first-order valence-electron chi connectivity index (χ1n) is 8.61. The minimum absolute atomic E-state index is 0.160. The number of allylic oxidation sites excluding steroid dienone is 1. The summed E-state index contributed by atoms with van der Waals surface area (Å²) < 4.78 is 11.5. The van der Waals surface area contributed by atoms with E-state index in [-0.39, 0.29) is 5.56 Å². The third-order valence-corrected chi connectivity index (χ3v) is 3.86. The summed E-state index contributed by atoms with van der Waals surface area (Å²) >= 11 is 0. The van der Waals surface area contributed by atoms with Crippen LogP contribution in [0.4, 0.5) is 0 Å². The molecule has 1 N–H and O–H groups in total. The van der Waals surface area contributed by atoms with Crippen LogP contribution < -0.4 is 15.0 Å². The van der Waals surface area contributed by atoms with Crippen LogP contribution >= 0.6 is 0 Å². The van der Waals surface area contributed by atoms with Crippen LogP contribution in [0.5, 0.6) is 11.5 Å². The number of benzene rings is 2. The van der Waals surface area contributed by atoms with Gasteiger partial charge in [0.05, 0.1) is 17.5 Å². The van der Waals surface area contributed by atoms with Crippen molar-refractivity contribution in [1.29, 1.82) is 0 Å². The standard InChI is InChI=1S/C21H22N2O3/c1-4-25-19-13-15(9-10-18(19)26-12-11-14(2)3)20-22-17-8-6-5-7-16(17)21(24)23-20/h5-11,13H,4,12H2,1-3H3,(H,22,23,24). The lowest BCUT2D eigenvalue weighted by atomic mass is 10.1. The third-order valence-electron chi connectivity index (χ3n) is 3.86. The molecule has 1 aromatic heterocycles. The fourth-order valence-electron chi connectivity index (χ4n) is 2.56. The highest BCUT2D eigenvalue weighted by Crippen LogP contribution is 2.32. The van der Waals surface area contributed by atoms with Gasteiger partial charge in [-0.1, -0.05) is 17.7 Å². The number of nitrogens with one attached hydrogen (secondary N) is 1. The molecule has 5 heteroatoms. The molecule has 5 nitrogen and oxygen atoms in total. The van der Waals surface area contributed by atoms with Gasteiger partial charge >= 0.3 is 0 Å². The van der Waals surface area contributed by atoms with Crippen molar-refractivity contribution in [2.75, 3.05) is 13.2 Å². The van der Waals surface area contributed by atoms with Crippen molar-refractivity contribution in [2.45, 2.75) is 20.8 Å². The van der Waals surface area contributed by atoms with E-state index in [4.69, 9.17) is 9.47 Å². The highest BCUT2D eigenvalue weighted by molar-refractivity contribution is 5.79. The molecule has 0 spiro atoms. The summed E-state index contributed by atoms with van der Waals surface area (Å²) in [5.74, 6) is 1.80. The topological polar surface area (TPSA) is 64.2 Å². The van der Waals surface area contributed by atoms with Gasteiger partial charge in [0.1, 0.15) is 12.4 Å². The zero-order chi connectivity index (χ0) is 18.5. The summed E-state index contributed by atoms with van der Waals surface area (Å²) in [6.07, 6.45) is 2.01. The second-order valence-electron chi connectivity index (χ2n) is 6.12. The predicted octanol–water partition coefficient (Wildman–Crippen LogP) is 4.33. The van der Waals surface area contributed by atoms with Crippen molar-refractivity contribution < 1.29 is 9.47 Å². The van der Waals surface area contributed by atoms with Gasteiger partial charge in [0, 0.05) is 5.56 Å². The maximum absolute atomic E-state index is 12.3. The number of hydrogen-bond donors (Lipinski definition) is 1. The lowest BCUT2D eigenvalue weighted by molar-refractivity contribution is 0.296. The highest BCUT2D eigenvalue weighted by atomic mass is 16.5. The average Bonchev–Trinajstić information content (AvgIpc) is 2.63. The molecule has 3 rings (SSSR count). The van der Waals surface area contributed by atoms with E-state index in [9.17, 15) is 4.79 Å². The second-order valence-corrected chi connectivity index (χ2v) is 6.12. The van der Waals surface area contributed by atoms with Crippen molar-refractivity contribution in [3.63, 3.8) is 0 Å². The van der Waals surface area contributed by atoms with E-state index in [0.717, 1.165) is 5.56 Å². The van der Waals surface area contributed by atoms with Crippen molar-refractivity contribution >= 4 is 10.9 Å². The molecule has 0 radical (unpaired) electrons. The molecule has 0 bridgehead atoms. The Labute approximate surface area is 152 Å². The first-order valence-corrected chi connectivity index (χ1v) is 8.61. The van der Waals surface area contributed by atoms with Crippen molar-refractivity contribution in [1.82, 2.24) is 9.97 Å². The van der Waals surface area contributed by atoms with Gasteiger partial charge in [0.25, 0.3) is 5.56 Å². The van der Waals surface area contributed by atoms with Crippen LogP contribution in [0.25, 0.3) is 22.3 Å². The van der Waals surface area contributed by atoms with Crippen molar-refractivity contribution in [2.24, 2.45) is 0 Å². The number of ether oxygens (including phenoxy) is 2. The summed E-state index contributed by atoms with van der Waals surface area (Å²) in [4.78, 5) is 19.7. The SMILES string of the molecule is CCOc1cc(-c2nc3ccccc3c(=O)[nH]2)ccc1OCC=C(C)C. The smallest absolute Gasteiger partial charge is 0.259 e. The number of rotatable bonds is 6. The Balaban J connectivity index is 1.99. The van der Waals surface area contributed by atoms with Crippen LogP contribution in [0.1, 0.15) is 20.8 Å². The Kier molecular flexibility index (Phi) is 5.37. The predicted molar refractivity (Wildman–Crippen MR) is 104 cm³/mol. The van der Waals surface area contributed by atoms with E-state index in [1.54, 1.807) is 6.07 Å². The quantitative estimate of drug-likeness (QED) is 0.672. The molecule has 0 aliphatic heterocycles. The van der Waals surface area contributed by atoms with Gasteiger partial charge in [0.15, 0.2) is 11.5 Å². The van der Waals surface area contributed by atoms with Crippen LogP contribution in [-0.2, 0) is 0 Å². The average molecular weight is 350 g/mol. The molecule has 0 unspecified atom stereocenters. The van der Waals surface area contributed by atoms with Gasteiger partial charge in [0.2, 0.25) is 0 Å². The second kappa shape index (κ2) is 7.87. The fourth-order valence-corrected chi connectivity index (χ4v) is 2.56. The maximum atomic E-state index is 12.3. The fraction of sp³-hybridized carbons (Fsp3) is 0.238. The number of nitrogens with zero attached hydrogens (tertiary/aromatic N) is 1. The largest absolute Gasteiger partial charge is 0.490 e. The number of aromatic amines is 1. The van der Waals surface area contributed by atoms with E-state index in [1.807, 2.05) is 63.2 Å². The van der Waals surface area contributed by atoms with E-state index >= 15 is 0 Å². The van der Waals surface area contributed by atoms with Crippen LogP contribution in [0.2, 0.25) is 0 Å². The third kappa shape index (κ3) is 3.94. The van der Waals surface area contributed by atoms with Crippen molar-refractivity contribution in [3.05, 3.63) is 64.5 Å². The lowest BCUT2D eigenvalue weighted by Crippen LogP contribution is -2.09. The minimum atomic E-state index is -0.160. The molecule has 0 saturated heterocycles. The van der Waals surface area contributed by atoms with Gasteiger partial charge in [-0.2, -0.15) is 0 Å². The Morgan fingerprint density at radius 2 is 1.92 bits per heavy atom. The molecule has 0 fully saturated rings. The summed E-state index contributed by atoms with van der Waals surface area (Å²) in [7, 11) is 0. The van der Waals surface area contributed by atoms with E-state index in [0.29, 0.717) is 41.4 Å². The Hall–Kier alpha value is -3.08. The summed E-state index contributed by atoms with van der Waals surface area (Å²) in [6.45, 7) is 6.97. The van der Waals surface area contributed by atoms with Gasteiger partial charge in [-0.3, -0.25) is 4.79 Å². The van der Waals surface area contributed by atoms with Gasteiger partial charge < -0.3 is 14.5 Å². The summed E-state index contributed by atoms with van der Waals surface area (Å²) in [6, 6.07) is 12.8. The molecule has 0 aliphatic rings. The number of hydrogen-bond acceptors (Lipinski definition) is 4. The Morgan fingerprint density at radius 1 is 1.12 bits per heavy atom. The molecule has 1 heterocycles. The number of fused-ring (bicyclic) bond motifs is 1. The molecule has 2 aromatic carbocycles. The normalized spacial score (nSPS) is 10.6. The van der Waals surface area contributed by atoms with E-state index < -0.39 is 0 Å². The zero-order valence-electron chi connectivity index (χ0n) is 15.2. The van der Waals surface area contributed by atoms with E-state index in [2.05, 4.69) is 9.97 Å². The van der Waals surface area contributed by atoms with Crippen LogP contribution in [0.15, 0.2) is 58.9 Å². The van der Waals surface area contributed by atoms with E-state index in [1.165, 1.54) is 5.57 Å². The molecular weight excluding hydrogens is 328 g/mol. The first-order chi connectivity index (χ1) is 12.6. The molecule has 0 aliphatic carbocycles. The van der Waals surface area contributed by atoms with Gasteiger partial charge in [-0.25, -0.2) is 4.98 Å². The molecule has 26 heavy (non-hydrogen) atoms. The van der Waals surface area contributed by atoms with Crippen LogP contribution in [0, 0.1) is 0 Å². The molecule has 3 aromatic rings. The van der Waals surface area contributed by atoms with Gasteiger partial charge in [-0.15, -0.1) is 0 Å². The van der Waals surface area contributed by atoms with Crippen LogP contribution in [0.3, 0.4) is 0 Å². The minimum Gasteiger partial charge on any atom is -0.490 e. The lowest BCUT2D eigenvalue weighted by Gasteiger charge is -2.12. The number of aromatic nitrogens is 2. The molecule has 134 valence electrons. The molecule has 0 atom stereocenters. The maximum Gasteiger partial charge on any atom is 0.259 e. The Morgan fingerprint density at radius 3 is 2.69 bits per heavy atom. The first kappa shape index (κ1) is 17.7. The molecule has 0 saturated carbocycles. The number of H-pyrrole nitrogens is 1. The van der Waals surface area contributed by atoms with Gasteiger partial charge in [-0.05, 0) is 57.2 Å².